The van der Waals surface area contributed by atoms with Crippen molar-refractivity contribution in [1.82, 2.24) is 5.32 Å². The van der Waals surface area contributed by atoms with Gasteiger partial charge < -0.3 is 10.1 Å². The number of benzene rings is 3. The maximum atomic E-state index is 12.9. The third kappa shape index (κ3) is 6.77. The summed E-state index contributed by atoms with van der Waals surface area (Å²) in [5.74, 6) is 0.394. The molecule has 3 nitrogen and oxygen atoms in total. The first kappa shape index (κ1) is 21.2. The van der Waals surface area contributed by atoms with Crippen LogP contribution in [0, 0.1) is 5.82 Å². The minimum Gasteiger partial charge on any atom is -0.489 e. The number of nitrogens with one attached hydrogen (secondary N) is 1. The zero-order chi connectivity index (χ0) is 20.6. The van der Waals surface area contributed by atoms with E-state index >= 15 is 0 Å². The van der Waals surface area contributed by atoms with E-state index < -0.39 is 0 Å². The predicted octanol–water partition coefficient (Wildman–Crippen LogP) is 5.96. The SMILES string of the molecule is O=C(CCc1ccc(Cl)cc1Cl)NCc1ccc(OCc2ccc(F)cc2)cc1. The number of rotatable bonds is 8. The van der Waals surface area contributed by atoms with Gasteiger partial charge in [0.2, 0.25) is 5.91 Å². The van der Waals surface area contributed by atoms with Crippen LogP contribution in [-0.2, 0) is 24.4 Å². The summed E-state index contributed by atoms with van der Waals surface area (Å²) in [4.78, 5) is 12.1. The van der Waals surface area contributed by atoms with Gasteiger partial charge in [0.15, 0.2) is 0 Å². The highest BCUT2D eigenvalue weighted by atomic mass is 35.5. The van der Waals surface area contributed by atoms with E-state index in [1.807, 2.05) is 30.3 Å². The van der Waals surface area contributed by atoms with E-state index in [0.717, 1.165) is 16.7 Å². The first-order valence-corrected chi connectivity index (χ1v) is 9.92. The maximum absolute atomic E-state index is 12.9. The molecule has 0 aliphatic heterocycles. The highest BCUT2D eigenvalue weighted by molar-refractivity contribution is 6.35. The molecule has 0 aliphatic carbocycles. The predicted molar refractivity (Wildman–Crippen MR) is 114 cm³/mol. The summed E-state index contributed by atoms with van der Waals surface area (Å²) in [6.07, 6.45) is 0.901. The minimum atomic E-state index is -0.267. The Balaban J connectivity index is 1.42. The Kier molecular flexibility index (Phi) is 7.50. The van der Waals surface area contributed by atoms with Gasteiger partial charge in [-0.2, -0.15) is 0 Å². The van der Waals surface area contributed by atoms with Crippen LogP contribution in [0.25, 0.3) is 0 Å². The van der Waals surface area contributed by atoms with Crippen molar-refractivity contribution in [3.8, 4) is 5.75 Å². The molecule has 150 valence electrons. The lowest BCUT2D eigenvalue weighted by atomic mass is 10.1. The van der Waals surface area contributed by atoms with Crippen LogP contribution in [0.1, 0.15) is 23.1 Å². The van der Waals surface area contributed by atoms with E-state index in [0.29, 0.717) is 41.8 Å². The van der Waals surface area contributed by atoms with E-state index in [2.05, 4.69) is 5.32 Å². The largest absolute Gasteiger partial charge is 0.489 e. The van der Waals surface area contributed by atoms with Crippen molar-refractivity contribution in [2.24, 2.45) is 0 Å². The topological polar surface area (TPSA) is 38.3 Å². The van der Waals surface area contributed by atoms with Crippen LogP contribution in [-0.4, -0.2) is 5.91 Å². The van der Waals surface area contributed by atoms with Gasteiger partial charge >= 0.3 is 0 Å². The van der Waals surface area contributed by atoms with Crippen LogP contribution < -0.4 is 10.1 Å². The van der Waals surface area contributed by atoms with E-state index in [1.54, 1.807) is 24.3 Å². The van der Waals surface area contributed by atoms with Gasteiger partial charge in [-0.3, -0.25) is 4.79 Å². The Morgan fingerprint density at radius 1 is 0.931 bits per heavy atom. The molecule has 0 bridgehead atoms. The number of carbonyl (C=O) groups excluding carboxylic acids is 1. The quantitative estimate of drug-likeness (QED) is 0.477. The van der Waals surface area contributed by atoms with Gasteiger partial charge in [-0.15, -0.1) is 0 Å². The van der Waals surface area contributed by atoms with Crippen LogP contribution in [0.5, 0.6) is 5.75 Å². The molecular weight excluding hydrogens is 412 g/mol. The second kappa shape index (κ2) is 10.3. The molecule has 29 heavy (non-hydrogen) atoms. The fraction of sp³-hybridized carbons (Fsp3) is 0.174. The summed E-state index contributed by atoms with van der Waals surface area (Å²) in [6, 6.07) is 19.0. The number of carbonyl (C=O) groups is 1. The molecule has 0 heterocycles. The molecule has 3 aromatic carbocycles. The molecule has 0 unspecified atom stereocenters. The van der Waals surface area contributed by atoms with E-state index in [4.69, 9.17) is 27.9 Å². The highest BCUT2D eigenvalue weighted by Gasteiger charge is 2.06. The third-order valence-electron chi connectivity index (χ3n) is 4.37. The zero-order valence-electron chi connectivity index (χ0n) is 15.6. The number of halogens is 3. The molecule has 3 aromatic rings. The summed E-state index contributed by atoms with van der Waals surface area (Å²) >= 11 is 12.0. The standard InChI is InChI=1S/C23H20Cl2FNO2/c24-19-7-5-18(22(25)13-19)6-12-23(28)27-14-16-3-10-21(11-4-16)29-15-17-1-8-20(26)9-2-17/h1-5,7-11,13H,6,12,14-15H2,(H,27,28). The minimum absolute atomic E-state index is 0.0485. The third-order valence-corrected chi connectivity index (χ3v) is 4.96. The Bertz CT molecular complexity index is 960. The van der Waals surface area contributed by atoms with Crippen LogP contribution >= 0.6 is 23.2 Å². The summed E-state index contributed by atoms with van der Waals surface area (Å²) in [6.45, 7) is 0.801. The van der Waals surface area contributed by atoms with E-state index in [-0.39, 0.29) is 11.7 Å². The van der Waals surface area contributed by atoms with Gasteiger partial charge in [-0.25, -0.2) is 4.39 Å². The lowest BCUT2D eigenvalue weighted by molar-refractivity contribution is -0.121. The van der Waals surface area contributed by atoms with Gasteiger partial charge in [-0.1, -0.05) is 53.5 Å². The van der Waals surface area contributed by atoms with Gasteiger partial charge in [0.05, 0.1) is 0 Å². The molecule has 0 saturated heterocycles. The second-order valence-electron chi connectivity index (χ2n) is 6.57. The lowest BCUT2D eigenvalue weighted by Gasteiger charge is -2.09. The van der Waals surface area contributed by atoms with Crippen LogP contribution in [0.4, 0.5) is 4.39 Å². The van der Waals surface area contributed by atoms with Crippen molar-refractivity contribution in [2.45, 2.75) is 26.0 Å². The first-order valence-electron chi connectivity index (χ1n) is 9.16. The molecule has 0 aliphatic rings. The van der Waals surface area contributed by atoms with Gasteiger partial charge in [0.25, 0.3) is 0 Å². The van der Waals surface area contributed by atoms with Crippen molar-refractivity contribution >= 4 is 29.1 Å². The van der Waals surface area contributed by atoms with Crippen LogP contribution in [0.2, 0.25) is 10.0 Å². The molecule has 0 saturated carbocycles. The van der Waals surface area contributed by atoms with Crippen LogP contribution in [0.15, 0.2) is 66.7 Å². The van der Waals surface area contributed by atoms with Crippen molar-refractivity contribution < 1.29 is 13.9 Å². The number of aryl methyl sites for hydroxylation is 1. The Hall–Kier alpha value is -2.56. The summed E-state index contributed by atoms with van der Waals surface area (Å²) in [5.41, 5.74) is 2.76. The molecular formula is C23H20Cl2FNO2. The average Bonchev–Trinajstić information content (AvgIpc) is 2.72. The van der Waals surface area contributed by atoms with Crippen molar-refractivity contribution in [3.63, 3.8) is 0 Å². The average molecular weight is 432 g/mol. The summed E-state index contributed by atoms with van der Waals surface area (Å²) in [5, 5.41) is 4.05. The fourth-order valence-electron chi connectivity index (χ4n) is 2.71. The molecule has 1 N–H and O–H groups in total. The Labute approximate surface area is 179 Å². The number of ether oxygens (including phenoxy) is 1. The second-order valence-corrected chi connectivity index (χ2v) is 7.42. The zero-order valence-corrected chi connectivity index (χ0v) is 17.1. The molecule has 0 spiro atoms. The number of hydrogen-bond acceptors (Lipinski definition) is 2. The fourth-order valence-corrected chi connectivity index (χ4v) is 3.22. The molecule has 0 radical (unpaired) electrons. The Morgan fingerprint density at radius 2 is 1.62 bits per heavy atom. The van der Waals surface area contributed by atoms with Crippen molar-refractivity contribution in [1.29, 1.82) is 0 Å². The van der Waals surface area contributed by atoms with E-state index in [1.165, 1.54) is 12.1 Å². The van der Waals surface area contributed by atoms with Gasteiger partial charge in [-0.05, 0) is 59.5 Å². The van der Waals surface area contributed by atoms with Crippen LogP contribution in [0.3, 0.4) is 0 Å². The molecule has 0 aromatic heterocycles. The molecule has 6 heteroatoms. The summed E-state index contributed by atoms with van der Waals surface area (Å²) < 4.78 is 18.6. The van der Waals surface area contributed by atoms with Gasteiger partial charge in [0.1, 0.15) is 18.2 Å². The highest BCUT2D eigenvalue weighted by Crippen LogP contribution is 2.22. The molecule has 3 rings (SSSR count). The smallest absolute Gasteiger partial charge is 0.220 e. The number of hydrogen-bond donors (Lipinski definition) is 1. The monoisotopic (exact) mass is 431 g/mol. The lowest BCUT2D eigenvalue weighted by Crippen LogP contribution is -2.23. The van der Waals surface area contributed by atoms with Gasteiger partial charge in [0, 0.05) is 23.0 Å². The van der Waals surface area contributed by atoms with Crippen molar-refractivity contribution in [2.75, 3.05) is 0 Å². The van der Waals surface area contributed by atoms with Crippen molar-refractivity contribution in [3.05, 3.63) is 99.3 Å². The van der Waals surface area contributed by atoms with E-state index in [9.17, 15) is 9.18 Å². The molecule has 1 amide bonds. The number of amides is 1. The first-order chi connectivity index (χ1) is 14.0. The maximum Gasteiger partial charge on any atom is 0.220 e. The Morgan fingerprint density at radius 3 is 2.31 bits per heavy atom. The molecule has 0 fully saturated rings. The normalized spacial score (nSPS) is 10.6. The molecule has 0 atom stereocenters. The summed E-state index contributed by atoms with van der Waals surface area (Å²) in [7, 11) is 0.